The van der Waals surface area contributed by atoms with Gasteiger partial charge in [0.1, 0.15) is 30.1 Å². The number of hydrogen-bond acceptors (Lipinski definition) is 16. The Kier molecular flexibility index (Phi) is 26.3. The number of amides is 1. The van der Waals surface area contributed by atoms with Gasteiger partial charge >= 0.3 is 5.97 Å². The molecule has 1 amide bonds. The standard InChI is InChI=1S/C60H96N2O15/c1-38-17-12-11-13-18-39(2)51(75-30-27-63)35-47-22-20-44(7)60(70,77-47)57(67)58(68)62-25-15-14-19-48(62)59(69)76-52(36-49(64)40(3)32-43(6)55(66)56(72-10)54(65)42(5)31-38)41(4)33-46-21-23-50(53(34-46)71-9)74-28-16-24-61-26-29-73-37-45(61)8/h11-13,17-18,32,38,40-42,44-48,50-53,55-56,63,66,70H,14-16,19-31,33-37H2,1-10H3/b13-11+,17-12+,39-18+,43-32+/t38-,40-,41-,42-,44-,45-,46+,47+,48+,50-,51-,52+,53-,55-,56+,60-/m1/s1. The number of allylic oxidation sites excluding steroid dienone is 6. The molecule has 77 heavy (non-hydrogen) atoms. The molecule has 0 unspecified atom stereocenters. The third kappa shape index (κ3) is 18.3. The third-order valence-corrected chi connectivity index (χ3v) is 17.0. The number of methoxy groups -OCH3 is 2. The van der Waals surface area contributed by atoms with Crippen molar-refractivity contribution in [2.45, 2.75) is 199 Å². The number of aliphatic hydroxyl groups is 3. The minimum absolute atomic E-state index is 0.0100. The summed E-state index contributed by atoms with van der Waals surface area (Å²) in [7, 11) is 3.09. The SMILES string of the molecule is CO[C@@H]1C[C@H](C[C@@H](C)[C@@H]2CC(=O)[C@H](C)/C=C(\C)[C@@H](O)[C@@H](OC)C(=O)[C@H](C)C[C@H](C)/C=C/C=C/C=C(\C)[C@H](OCCO)C[C@@H]3CC[C@@H](C)[C@@](O)(O3)C(=O)C(=O)N3CCCC[C@H]3C(=O)O2)CC[C@H]1OCCCN1CCOC[C@H]1C. The molecule has 4 fully saturated rings. The van der Waals surface area contributed by atoms with Crippen LogP contribution in [0.5, 0.6) is 0 Å². The predicted molar refractivity (Wildman–Crippen MR) is 291 cm³/mol. The molecule has 1 aliphatic carbocycles. The van der Waals surface area contributed by atoms with Gasteiger partial charge in [0.25, 0.3) is 11.7 Å². The lowest BCUT2D eigenvalue weighted by Crippen LogP contribution is -2.61. The largest absolute Gasteiger partial charge is 0.460 e. The highest BCUT2D eigenvalue weighted by atomic mass is 16.6. The molecule has 0 aromatic rings. The molecule has 3 N–H and O–H groups in total. The molecule has 0 radical (unpaired) electrons. The number of carbonyl (C=O) groups excluding carboxylic acids is 5. The van der Waals surface area contributed by atoms with Crippen LogP contribution in [0.2, 0.25) is 0 Å². The normalized spacial score (nSPS) is 38.4. The van der Waals surface area contributed by atoms with Gasteiger partial charge in [0, 0.05) is 77.1 Å². The number of nitrogens with zero attached hydrogens (tertiary/aromatic N) is 2. The molecule has 1 saturated carbocycles. The van der Waals surface area contributed by atoms with Gasteiger partial charge in [-0.2, -0.15) is 0 Å². The summed E-state index contributed by atoms with van der Waals surface area (Å²) in [6.07, 6.45) is 12.7. The Hall–Kier alpha value is -3.49. The number of Topliss-reactive ketones (excluding diaryl/α,β-unsaturated/α-hetero) is 3. The van der Waals surface area contributed by atoms with Crippen LogP contribution in [0, 0.1) is 35.5 Å². The minimum atomic E-state index is -2.48. The van der Waals surface area contributed by atoms with Crippen molar-refractivity contribution in [3.8, 4) is 0 Å². The lowest BCUT2D eigenvalue weighted by molar-refractivity contribution is -0.266. The average Bonchev–Trinajstić information content (AvgIpc) is 3.41. The van der Waals surface area contributed by atoms with Crippen molar-refractivity contribution in [1.82, 2.24) is 9.80 Å². The smallest absolute Gasteiger partial charge is 0.329 e. The summed E-state index contributed by atoms with van der Waals surface area (Å²) < 4.78 is 42.3. The predicted octanol–water partition coefficient (Wildman–Crippen LogP) is 6.68. The Labute approximate surface area is 459 Å². The summed E-state index contributed by atoms with van der Waals surface area (Å²) in [5.74, 6) is -8.09. The number of rotatable bonds is 13. The van der Waals surface area contributed by atoms with Crippen LogP contribution >= 0.6 is 0 Å². The van der Waals surface area contributed by atoms with Crippen LogP contribution in [-0.2, 0) is 57.1 Å². The van der Waals surface area contributed by atoms with E-state index < -0.39 is 77.8 Å². The Morgan fingerprint density at radius 2 is 1.61 bits per heavy atom. The molecule has 0 aromatic carbocycles. The molecule has 5 rings (SSSR count). The topological polar surface area (TPSA) is 217 Å². The van der Waals surface area contributed by atoms with E-state index in [4.69, 9.17) is 33.2 Å². The summed E-state index contributed by atoms with van der Waals surface area (Å²) in [6.45, 7) is 18.7. The first-order valence-electron chi connectivity index (χ1n) is 28.8. The Morgan fingerprint density at radius 3 is 2.32 bits per heavy atom. The molecule has 16 atom stereocenters. The van der Waals surface area contributed by atoms with Gasteiger partial charge in [0.05, 0.1) is 50.8 Å². The average molecular weight is 1090 g/mol. The van der Waals surface area contributed by atoms with Crippen LogP contribution in [0.4, 0.5) is 0 Å². The summed E-state index contributed by atoms with van der Waals surface area (Å²) in [5.41, 5.74) is 1.19. The van der Waals surface area contributed by atoms with E-state index in [1.165, 1.54) is 12.0 Å². The monoisotopic (exact) mass is 1080 g/mol. The van der Waals surface area contributed by atoms with Gasteiger partial charge in [0.2, 0.25) is 5.79 Å². The van der Waals surface area contributed by atoms with Crippen molar-refractivity contribution in [3.63, 3.8) is 0 Å². The summed E-state index contributed by atoms with van der Waals surface area (Å²) in [5, 5.41) is 33.4. The van der Waals surface area contributed by atoms with E-state index >= 15 is 0 Å². The van der Waals surface area contributed by atoms with E-state index in [0.717, 1.165) is 51.1 Å². The van der Waals surface area contributed by atoms with Gasteiger partial charge in [-0.1, -0.05) is 71.1 Å². The van der Waals surface area contributed by atoms with Crippen LogP contribution in [0.15, 0.2) is 47.6 Å². The van der Waals surface area contributed by atoms with Gasteiger partial charge in [0.15, 0.2) is 5.78 Å². The number of hydrogen-bond donors (Lipinski definition) is 3. The van der Waals surface area contributed by atoms with E-state index in [9.17, 15) is 39.3 Å². The second-order valence-corrected chi connectivity index (χ2v) is 23.1. The van der Waals surface area contributed by atoms with Gasteiger partial charge in [-0.15, -0.1) is 0 Å². The quantitative estimate of drug-likeness (QED) is 0.0759. The van der Waals surface area contributed by atoms with Crippen LogP contribution in [0.25, 0.3) is 0 Å². The third-order valence-electron chi connectivity index (χ3n) is 17.0. The first kappa shape index (κ1) is 64.3. The highest BCUT2D eigenvalue weighted by Crippen LogP contribution is 2.38. The molecule has 2 bridgehead atoms. The number of piperidine rings is 1. The van der Waals surface area contributed by atoms with Gasteiger partial charge in [-0.25, -0.2) is 4.79 Å². The Morgan fingerprint density at radius 1 is 0.844 bits per heavy atom. The number of ketones is 3. The van der Waals surface area contributed by atoms with E-state index in [0.29, 0.717) is 63.2 Å². The molecule has 4 aliphatic heterocycles. The molecular weight excluding hydrogens is 989 g/mol. The maximum atomic E-state index is 14.6. The highest BCUT2D eigenvalue weighted by Gasteiger charge is 2.53. The van der Waals surface area contributed by atoms with Crippen molar-refractivity contribution in [1.29, 1.82) is 0 Å². The molecule has 17 nitrogen and oxygen atoms in total. The Bertz CT molecular complexity index is 2040. The van der Waals surface area contributed by atoms with Gasteiger partial charge in [-0.3, -0.25) is 24.1 Å². The second kappa shape index (κ2) is 31.5. The van der Waals surface area contributed by atoms with E-state index in [1.807, 2.05) is 58.1 Å². The van der Waals surface area contributed by atoms with Crippen molar-refractivity contribution < 1.29 is 72.5 Å². The maximum absolute atomic E-state index is 14.6. The van der Waals surface area contributed by atoms with Gasteiger partial charge in [-0.05, 0) is 120 Å². The van der Waals surface area contributed by atoms with Crippen molar-refractivity contribution >= 4 is 29.2 Å². The first-order chi connectivity index (χ1) is 36.7. The van der Waals surface area contributed by atoms with Crippen LogP contribution in [-0.4, -0.2) is 182 Å². The van der Waals surface area contributed by atoms with Crippen molar-refractivity contribution in [2.24, 2.45) is 35.5 Å². The number of morpholine rings is 1. The van der Waals surface area contributed by atoms with Crippen molar-refractivity contribution in [2.75, 3.05) is 66.9 Å². The maximum Gasteiger partial charge on any atom is 0.329 e. The molecule has 0 aromatic heterocycles. The van der Waals surface area contributed by atoms with E-state index in [2.05, 4.69) is 11.8 Å². The lowest BCUT2D eigenvalue weighted by atomic mass is 9.78. The summed E-state index contributed by atoms with van der Waals surface area (Å²) in [6, 6.07) is -0.783. The number of aliphatic hydroxyl groups excluding tert-OH is 2. The molecule has 436 valence electrons. The molecular formula is C60H96N2O15. The highest BCUT2D eigenvalue weighted by molar-refractivity contribution is 6.39. The molecule has 3 saturated heterocycles. The number of esters is 1. The number of ether oxygens (including phenoxy) is 7. The fourth-order valence-corrected chi connectivity index (χ4v) is 12.0. The lowest BCUT2D eigenvalue weighted by Gasteiger charge is -2.43. The molecule has 4 heterocycles. The molecule has 5 aliphatic rings. The zero-order valence-corrected chi connectivity index (χ0v) is 48.1. The van der Waals surface area contributed by atoms with Crippen molar-refractivity contribution in [3.05, 3.63) is 47.6 Å². The number of cyclic esters (lactones) is 1. The number of fused-ring (bicyclic) bond motifs is 3. The zero-order chi connectivity index (χ0) is 56.4. The zero-order valence-electron chi connectivity index (χ0n) is 48.1. The second-order valence-electron chi connectivity index (χ2n) is 23.1. The molecule has 0 spiro atoms. The van der Waals surface area contributed by atoms with Crippen LogP contribution in [0.1, 0.15) is 139 Å². The Balaban J connectivity index is 1.41. The first-order valence-corrected chi connectivity index (χ1v) is 28.8. The number of carbonyl (C=O) groups is 5. The van der Waals surface area contributed by atoms with Crippen LogP contribution < -0.4 is 0 Å². The summed E-state index contributed by atoms with van der Waals surface area (Å²) >= 11 is 0. The molecule has 17 heteroatoms. The van der Waals surface area contributed by atoms with Gasteiger partial charge < -0.3 is 53.4 Å². The summed E-state index contributed by atoms with van der Waals surface area (Å²) in [4.78, 5) is 75.4. The van der Waals surface area contributed by atoms with E-state index in [1.54, 1.807) is 34.0 Å². The fourth-order valence-electron chi connectivity index (χ4n) is 12.0. The van der Waals surface area contributed by atoms with E-state index in [-0.39, 0.29) is 80.5 Å². The van der Waals surface area contributed by atoms with Crippen LogP contribution in [0.3, 0.4) is 0 Å². The fraction of sp³-hybridized carbons (Fsp3) is 0.783. The minimum Gasteiger partial charge on any atom is -0.460 e.